The van der Waals surface area contributed by atoms with Gasteiger partial charge >= 0.3 is 0 Å². The van der Waals surface area contributed by atoms with E-state index in [0.717, 1.165) is 16.0 Å². The van der Waals surface area contributed by atoms with Crippen LogP contribution in [-0.4, -0.2) is 10.2 Å². The van der Waals surface area contributed by atoms with E-state index >= 15 is 0 Å². The Bertz CT molecular complexity index is 353. The first-order valence-electron chi connectivity index (χ1n) is 3.25. The Kier molecular flexibility index (Phi) is 0.646. The molecule has 2 aromatic rings. The van der Waals surface area contributed by atoms with Crippen LogP contribution >= 0.6 is 0 Å². The van der Waals surface area contributed by atoms with Crippen molar-refractivity contribution >= 4 is 10.9 Å². The van der Waals surface area contributed by atoms with E-state index in [2.05, 4.69) is 5.10 Å². The van der Waals surface area contributed by atoms with Crippen LogP contribution in [0.15, 0.2) is 30.5 Å². The lowest BCUT2D eigenvalue weighted by molar-refractivity contribution is 1.12. The lowest BCUT2D eigenvalue weighted by atomic mass is 10.3. The maximum Gasteiger partial charge on any atom is 0.190 e. The molecule has 1 aromatic carbocycles. The highest BCUT2D eigenvalue weighted by molar-refractivity contribution is 5.77. The van der Waals surface area contributed by atoms with Gasteiger partial charge in [0.1, 0.15) is 0 Å². The van der Waals surface area contributed by atoms with Gasteiger partial charge in [0.15, 0.2) is 1.41 Å². The zero-order chi connectivity index (χ0) is 6.97. The van der Waals surface area contributed by atoms with Gasteiger partial charge in [-0.3, -0.25) is 5.09 Å². The predicted octanol–water partition coefficient (Wildman–Crippen LogP) is 1.56. The Morgan fingerprint density at radius 2 is 2.33 bits per heavy atom. The van der Waals surface area contributed by atoms with Gasteiger partial charge in [-0.1, -0.05) is 18.2 Å². The molecule has 0 saturated carbocycles. The zero-order valence-corrected chi connectivity index (χ0v) is 4.78. The molecule has 0 aliphatic heterocycles. The maximum atomic E-state index is 7.25. The third-order valence-corrected chi connectivity index (χ3v) is 1.30. The SMILES string of the molecule is [3H]n1ncc2ccccc21. The van der Waals surface area contributed by atoms with Gasteiger partial charge in [0.05, 0.1) is 11.7 Å². The Morgan fingerprint density at radius 3 is 3.22 bits per heavy atom. The van der Waals surface area contributed by atoms with Crippen molar-refractivity contribution in [3.05, 3.63) is 30.5 Å². The molecule has 0 radical (unpaired) electrons. The summed E-state index contributed by atoms with van der Waals surface area (Å²) in [6, 6.07) is 7.64. The standard InChI is InChI=1S/C7H6N2/c1-2-4-7-6(3-1)5-8-9-7/h1-5H,(H,8,9)/i/hT. The summed E-state index contributed by atoms with van der Waals surface area (Å²) in [6.45, 7) is 0. The molecule has 0 atom stereocenters. The van der Waals surface area contributed by atoms with Crippen molar-refractivity contribution in [3.63, 3.8) is 0 Å². The molecular formula is C7H6N2. The summed E-state index contributed by atoms with van der Waals surface area (Å²) in [5, 5.41) is 5.91. The van der Waals surface area contributed by atoms with Crippen LogP contribution in [0.2, 0.25) is 1.41 Å². The molecule has 9 heavy (non-hydrogen) atoms. The van der Waals surface area contributed by atoms with Crippen molar-refractivity contribution in [2.24, 2.45) is 0 Å². The number of hydrogen-bond donors (Lipinski definition) is 1. The van der Waals surface area contributed by atoms with E-state index in [0.29, 0.717) is 0 Å². The summed E-state index contributed by atoms with van der Waals surface area (Å²) < 4.78 is 7.25. The summed E-state index contributed by atoms with van der Waals surface area (Å²) in [7, 11) is 0. The van der Waals surface area contributed by atoms with Gasteiger partial charge in [-0.2, -0.15) is 5.10 Å². The van der Waals surface area contributed by atoms with Crippen molar-refractivity contribution in [2.45, 2.75) is 0 Å². The molecule has 2 rings (SSSR count). The molecule has 1 heterocycles. The van der Waals surface area contributed by atoms with E-state index in [4.69, 9.17) is 1.41 Å². The fraction of sp³-hybridized carbons (Fsp3) is 0. The van der Waals surface area contributed by atoms with Crippen molar-refractivity contribution in [3.8, 4) is 0 Å². The van der Waals surface area contributed by atoms with Gasteiger partial charge in [-0.15, -0.1) is 0 Å². The van der Waals surface area contributed by atoms with Gasteiger partial charge in [0.2, 0.25) is 0 Å². The first kappa shape index (κ1) is 3.67. The lowest BCUT2D eigenvalue weighted by Gasteiger charge is -1.81. The molecule has 0 spiro atoms. The average Bonchev–Trinajstić information content (AvgIpc) is 2.34. The van der Waals surface area contributed by atoms with E-state index in [-0.39, 0.29) is 0 Å². The Morgan fingerprint density at radius 1 is 1.44 bits per heavy atom. The van der Waals surface area contributed by atoms with Crippen LogP contribution in [0.25, 0.3) is 10.9 Å². The second-order valence-corrected chi connectivity index (χ2v) is 1.90. The Balaban J connectivity index is 2.93. The van der Waals surface area contributed by atoms with Gasteiger partial charge in [0, 0.05) is 5.39 Å². The molecule has 0 unspecified atom stereocenters. The molecule has 0 aliphatic rings. The summed E-state index contributed by atoms with van der Waals surface area (Å²) in [6.07, 6.45) is 1.68. The van der Waals surface area contributed by atoms with E-state index < -0.39 is 0 Å². The fourth-order valence-electron chi connectivity index (χ4n) is 0.841. The Labute approximate surface area is 54.0 Å². The third kappa shape index (κ3) is 0.598. The molecule has 2 nitrogen and oxygen atoms in total. The van der Waals surface area contributed by atoms with Crippen LogP contribution in [0, 0.1) is 0 Å². The van der Waals surface area contributed by atoms with Crippen LogP contribution in [0.1, 0.15) is 0 Å². The number of aromatic amines is 1. The minimum atomic E-state index is 0.850. The second kappa shape index (κ2) is 1.58. The highest BCUT2D eigenvalue weighted by atomic mass is 15.1. The number of H-pyrrole nitrogens is 1. The summed E-state index contributed by atoms with van der Waals surface area (Å²) in [5.41, 5.74) is 0.850. The quantitative estimate of drug-likeness (QED) is 0.561. The number of para-hydroxylation sites is 1. The summed E-state index contributed by atoms with van der Waals surface area (Å²) in [5.74, 6) is 0. The number of fused-ring (bicyclic) bond motifs is 1. The van der Waals surface area contributed by atoms with E-state index in [1.54, 1.807) is 6.20 Å². The molecule has 0 aliphatic carbocycles. The van der Waals surface area contributed by atoms with Crippen LogP contribution in [0.5, 0.6) is 0 Å². The van der Waals surface area contributed by atoms with Crippen molar-refractivity contribution in [1.82, 2.24) is 10.2 Å². The smallest absolute Gasteiger partial charge is 0.190 e. The minimum Gasteiger partial charge on any atom is -0.278 e. The van der Waals surface area contributed by atoms with Crippen molar-refractivity contribution < 1.29 is 1.41 Å². The van der Waals surface area contributed by atoms with Gasteiger partial charge in [-0.25, -0.2) is 0 Å². The minimum absolute atomic E-state index is 0.850. The highest BCUT2D eigenvalue weighted by Gasteiger charge is 1.88. The van der Waals surface area contributed by atoms with Crippen LogP contribution in [0.3, 0.4) is 0 Å². The molecule has 0 fully saturated rings. The molecule has 1 aromatic heterocycles. The van der Waals surface area contributed by atoms with Gasteiger partial charge in [-0.05, 0) is 6.07 Å². The van der Waals surface area contributed by atoms with Crippen molar-refractivity contribution in [2.75, 3.05) is 0 Å². The molecule has 44 valence electrons. The highest BCUT2D eigenvalue weighted by Crippen LogP contribution is 2.06. The lowest BCUT2D eigenvalue weighted by Crippen LogP contribution is -1.63. The first-order valence-corrected chi connectivity index (χ1v) is 2.80. The first-order chi connectivity index (χ1) is 4.88. The van der Waals surface area contributed by atoms with Crippen LogP contribution in [-0.2, 0) is 0 Å². The second-order valence-electron chi connectivity index (χ2n) is 1.90. The average molecular weight is 120 g/mol. The number of nitrogens with zero attached hydrogens (tertiary/aromatic N) is 1. The molecule has 2 heteroatoms. The normalized spacial score (nSPS) is 11.8. The molecule has 0 saturated heterocycles. The molecule has 1 N–H and O–H groups in total. The van der Waals surface area contributed by atoms with E-state index in [1.807, 2.05) is 24.3 Å². The van der Waals surface area contributed by atoms with Crippen LogP contribution in [0.4, 0.5) is 0 Å². The number of nitrogens with one attached hydrogen (secondary N) is 1. The number of benzene rings is 1. The zero-order valence-electron chi connectivity index (χ0n) is 5.78. The predicted molar refractivity (Wildman–Crippen MR) is 36.1 cm³/mol. The largest absolute Gasteiger partial charge is 0.278 e. The van der Waals surface area contributed by atoms with E-state index in [1.165, 1.54) is 0 Å². The maximum absolute atomic E-state index is 7.25. The number of rotatable bonds is 0. The topological polar surface area (TPSA) is 28.7 Å². The monoisotopic (exact) mass is 120 g/mol. The van der Waals surface area contributed by atoms with Crippen molar-refractivity contribution in [1.29, 1.82) is 0 Å². The molecular weight excluding hydrogens is 112 g/mol. The van der Waals surface area contributed by atoms with Gasteiger partial charge in [0.25, 0.3) is 0 Å². The fourth-order valence-corrected chi connectivity index (χ4v) is 0.841. The van der Waals surface area contributed by atoms with E-state index in [9.17, 15) is 0 Å². The molecule has 0 amide bonds. The number of aromatic nitrogens is 2. The van der Waals surface area contributed by atoms with Crippen LogP contribution < -0.4 is 0 Å². The Hall–Kier alpha value is -1.31. The molecule has 0 bridgehead atoms. The summed E-state index contributed by atoms with van der Waals surface area (Å²) in [4.78, 5) is 0. The number of hydrogen-bond acceptors (Lipinski definition) is 1. The summed E-state index contributed by atoms with van der Waals surface area (Å²) >= 11 is 0. The van der Waals surface area contributed by atoms with Gasteiger partial charge < -0.3 is 0 Å². The third-order valence-electron chi connectivity index (χ3n) is 1.30.